The van der Waals surface area contributed by atoms with Crippen molar-refractivity contribution < 1.29 is 47.7 Å². The summed E-state index contributed by atoms with van der Waals surface area (Å²) in [6.07, 6.45) is 4.74. The van der Waals surface area contributed by atoms with Gasteiger partial charge in [-0.3, -0.25) is 4.79 Å². The largest absolute Gasteiger partial charge is 0.464 e. The van der Waals surface area contributed by atoms with E-state index >= 15 is 0 Å². The monoisotopic (exact) mass is 466 g/mol. The van der Waals surface area contributed by atoms with Gasteiger partial charge >= 0.3 is 23.9 Å². The molecule has 0 spiro atoms. The summed E-state index contributed by atoms with van der Waals surface area (Å²) >= 11 is 0. The van der Waals surface area contributed by atoms with Crippen molar-refractivity contribution in [2.45, 2.75) is 44.2 Å². The zero-order valence-electron chi connectivity index (χ0n) is 18.1. The maximum Gasteiger partial charge on any atom is 0.331 e. The molecule has 0 rings (SSSR count). The second-order valence-electron chi connectivity index (χ2n) is 6.22. The van der Waals surface area contributed by atoms with Gasteiger partial charge in [-0.25, -0.2) is 19.2 Å². The van der Waals surface area contributed by atoms with Crippen molar-refractivity contribution in [2.24, 2.45) is 4.99 Å². The molecular formula is C21H26N2O10. The zero-order chi connectivity index (χ0) is 24.9. The molecule has 0 N–H and O–H groups in total. The maximum atomic E-state index is 12.0. The molecule has 0 saturated heterocycles. The van der Waals surface area contributed by atoms with Crippen molar-refractivity contribution in [1.29, 1.82) is 5.26 Å². The summed E-state index contributed by atoms with van der Waals surface area (Å²) in [6.45, 7) is 5.80. The number of rotatable bonds is 18. The Morgan fingerprint density at radius 2 is 1.58 bits per heavy atom. The van der Waals surface area contributed by atoms with Gasteiger partial charge in [-0.05, 0) is 25.7 Å². The number of carbonyl (C=O) groups is 4. The van der Waals surface area contributed by atoms with Gasteiger partial charge in [0.1, 0.15) is 19.8 Å². The van der Waals surface area contributed by atoms with Gasteiger partial charge < -0.3 is 23.7 Å². The van der Waals surface area contributed by atoms with Crippen molar-refractivity contribution in [1.82, 2.24) is 0 Å². The summed E-state index contributed by atoms with van der Waals surface area (Å²) in [6, 6.07) is -1.04. The van der Waals surface area contributed by atoms with Gasteiger partial charge in [0.25, 0.3) is 6.26 Å². The predicted molar refractivity (Wildman–Crippen MR) is 110 cm³/mol. The Labute approximate surface area is 190 Å². The van der Waals surface area contributed by atoms with Crippen LogP contribution in [0.3, 0.4) is 0 Å². The van der Waals surface area contributed by atoms with Crippen molar-refractivity contribution in [3.8, 4) is 6.26 Å². The second kappa shape index (κ2) is 18.8. The van der Waals surface area contributed by atoms with Crippen LogP contribution in [0.25, 0.3) is 0 Å². The van der Waals surface area contributed by atoms with Gasteiger partial charge in [0.2, 0.25) is 6.08 Å². The molecule has 0 aromatic heterocycles. The highest BCUT2D eigenvalue weighted by atomic mass is 16.6. The van der Waals surface area contributed by atoms with Crippen molar-refractivity contribution in [3.05, 3.63) is 25.3 Å². The highest BCUT2D eigenvalue weighted by Crippen LogP contribution is 2.08. The molecule has 0 bridgehead atoms. The van der Waals surface area contributed by atoms with E-state index in [1.165, 1.54) is 12.3 Å². The molecule has 0 aliphatic heterocycles. The van der Waals surface area contributed by atoms with Crippen molar-refractivity contribution in [3.63, 3.8) is 0 Å². The fourth-order valence-corrected chi connectivity index (χ4v) is 2.17. The Morgan fingerprint density at radius 3 is 2.12 bits per heavy atom. The molecule has 1 atom stereocenters. The molecule has 0 aliphatic carbocycles. The zero-order valence-corrected chi connectivity index (χ0v) is 18.1. The topological polar surface area (TPSA) is 168 Å². The third-order valence-corrected chi connectivity index (χ3v) is 3.74. The third-order valence-electron chi connectivity index (χ3n) is 3.74. The van der Waals surface area contributed by atoms with E-state index in [0.29, 0.717) is 12.8 Å². The van der Waals surface area contributed by atoms with E-state index < -0.39 is 36.0 Å². The molecule has 0 fully saturated rings. The highest BCUT2D eigenvalue weighted by molar-refractivity contribution is 5.81. The minimum Gasteiger partial charge on any atom is -0.464 e. The van der Waals surface area contributed by atoms with E-state index in [1.54, 1.807) is 0 Å². The Bertz CT molecular complexity index is 743. The number of hydrogen-bond donors (Lipinski definition) is 0. The summed E-state index contributed by atoms with van der Waals surface area (Å²) in [4.78, 5) is 60.3. The third kappa shape index (κ3) is 15.5. The van der Waals surface area contributed by atoms with Gasteiger partial charge in [-0.15, -0.1) is 0 Å². The first-order chi connectivity index (χ1) is 15.9. The quantitative estimate of drug-likeness (QED) is 0.0538. The summed E-state index contributed by atoms with van der Waals surface area (Å²) in [5.41, 5.74) is 0. The maximum absolute atomic E-state index is 12.0. The van der Waals surface area contributed by atoms with Crippen LogP contribution in [-0.2, 0) is 47.7 Å². The average Bonchev–Trinajstić information content (AvgIpc) is 2.81. The fraction of sp³-hybridized carbons (Fsp3) is 0.524. The average molecular weight is 466 g/mol. The van der Waals surface area contributed by atoms with Crippen LogP contribution in [0.2, 0.25) is 0 Å². The summed E-state index contributed by atoms with van der Waals surface area (Å²) < 4.78 is 24.2. The first kappa shape index (κ1) is 29.0. The number of carbonyl (C=O) groups excluding carboxylic acids is 5. The van der Waals surface area contributed by atoms with Crippen molar-refractivity contribution in [2.75, 3.05) is 26.4 Å². The van der Waals surface area contributed by atoms with E-state index in [9.17, 15) is 24.0 Å². The predicted octanol–water partition coefficient (Wildman–Crippen LogP) is 1.05. The van der Waals surface area contributed by atoms with Crippen LogP contribution in [0, 0.1) is 11.5 Å². The van der Waals surface area contributed by atoms with Crippen LogP contribution in [0.1, 0.15) is 32.1 Å². The first-order valence-corrected chi connectivity index (χ1v) is 9.90. The summed E-state index contributed by atoms with van der Waals surface area (Å²) in [5.74, 6) is -2.95. The highest BCUT2D eigenvalue weighted by Gasteiger charge is 2.20. The molecule has 0 aliphatic rings. The molecule has 0 radical (unpaired) electrons. The van der Waals surface area contributed by atoms with Crippen LogP contribution in [0.4, 0.5) is 0 Å². The van der Waals surface area contributed by atoms with E-state index in [0.717, 1.165) is 12.2 Å². The van der Waals surface area contributed by atoms with Crippen LogP contribution in [0.5, 0.6) is 0 Å². The minimum absolute atomic E-state index is 0.101. The molecule has 0 amide bonds. The van der Waals surface area contributed by atoms with Crippen LogP contribution in [0.15, 0.2) is 30.3 Å². The number of nitriles is 1. The molecule has 0 heterocycles. The number of esters is 4. The fourth-order valence-electron chi connectivity index (χ4n) is 2.17. The molecule has 0 aromatic rings. The van der Waals surface area contributed by atoms with Gasteiger partial charge in [0.05, 0.1) is 6.61 Å². The Kier molecular flexibility index (Phi) is 16.5. The number of aliphatic imine (C=N–C) groups is 1. The molecule has 12 heteroatoms. The van der Waals surface area contributed by atoms with Gasteiger partial charge in [0.15, 0.2) is 12.1 Å². The molecule has 0 aromatic carbocycles. The normalized spacial score (nSPS) is 10.5. The SMILES string of the molecule is C=CC(=O)OCC(COC(=O)C=C)OC(=O)CCCOC(=O)C(CCCCOC#N)N=C=O. The Balaban J connectivity index is 4.43. The lowest BCUT2D eigenvalue weighted by molar-refractivity contribution is -0.164. The summed E-state index contributed by atoms with van der Waals surface area (Å²) in [5, 5.41) is 8.28. The lowest BCUT2D eigenvalue weighted by atomic mass is 10.1. The number of hydrogen-bond acceptors (Lipinski definition) is 12. The van der Waals surface area contributed by atoms with E-state index in [1.807, 2.05) is 0 Å². The van der Waals surface area contributed by atoms with Crippen LogP contribution >= 0.6 is 0 Å². The Hall–Kier alpha value is -3.97. The standard InChI is InChI=1S/C21H26N2O10/c1-3-18(25)31-12-16(13-32-19(26)4-2)33-20(27)9-7-11-30-21(28)17(23-15-24)8-5-6-10-29-14-22/h3-4,16-17H,1-2,5-13H2. The van der Waals surface area contributed by atoms with E-state index in [-0.39, 0.29) is 45.7 Å². The molecule has 0 saturated carbocycles. The number of nitrogens with zero attached hydrogens (tertiary/aromatic N) is 2. The Morgan fingerprint density at radius 1 is 0.939 bits per heavy atom. The number of unbranched alkanes of at least 4 members (excludes halogenated alkanes) is 1. The van der Waals surface area contributed by atoms with Crippen LogP contribution < -0.4 is 0 Å². The van der Waals surface area contributed by atoms with Gasteiger partial charge in [0, 0.05) is 18.6 Å². The van der Waals surface area contributed by atoms with E-state index in [2.05, 4.69) is 22.9 Å². The number of ether oxygens (including phenoxy) is 5. The van der Waals surface area contributed by atoms with Crippen LogP contribution in [-0.4, -0.2) is 68.5 Å². The molecular weight excluding hydrogens is 440 g/mol. The van der Waals surface area contributed by atoms with Gasteiger partial charge in [-0.1, -0.05) is 13.2 Å². The molecule has 1 unspecified atom stereocenters. The smallest absolute Gasteiger partial charge is 0.331 e. The minimum atomic E-state index is -1.05. The summed E-state index contributed by atoms with van der Waals surface area (Å²) in [7, 11) is 0. The van der Waals surface area contributed by atoms with Gasteiger partial charge in [-0.2, -0.15) is 10.3 Å². The molecule has 180 valence electrons. The molecule has 12 nitrogen and oxygen atoms in total. The second-order valence-corrected chi connectivity index (χ2v) is 6.22. The first-order valence-electron chi connectivity index (χ1n) is 9.90. The number of isocyanates is 1. The van der Waals surface area contributed by atoms with E-state index in [4.69, 9.17) is 24.2 Å². The lowest BCUT2D eigenvalue weighted by Gasteiger charge is -2.17. The molecule has 33 heavy (non-hydrogen) atoms. The van der Waals surface area contributed by atoms with Crippen molar-refractivity contribution >= 4 is 30.0 Å². The lowest BCUT2D eigenvalue weighted by Crippen LogP contribution is -2.30.